The number of nitrogens with one attached hydrogen (secondary N) is 1. The fraction of sp³-hybridized carbons (Fsp3) is 0.250. The van der Waals surface area contributed by atoms with Crippen LogP contribution in [0.5, 0.6) is 0 Å². The number of thioether (sulfide) groups is 2. The second kappa shape index (κ2) is 7.89. The van der Waals surface area contributed by atoms with Crippen LogP contribution in [0.4, 0.5) is 11.4 Å². The molecule has 1 unspecified atom stereocenters. The van der Waals surface area contributed by atoms with Crippen molar-refractivity contribution in [2.45, 2.75) is 22.8 Å². The summed E-state index contributed by atoms with van der Waals surface area (Å²) in [7, 11) is 0. The van der Waals surface area contributed by atoms with E-state index in [1.54, 1.807) is 41.8 Å². The van der Waals surface area contributed by atoms with Gasteiger partial charge in [-0.3, -0.25) is 9.59 Å². The molecule has 1 N–H and O–H groups in total. The van der Waals surface area contributed by atoms with Gasteiger partial charge < -0.3 is 15.0 Å². The van der Waals surface area contributed by atoms with Crippen molar-refractivity contribution < 1.29 is 19.1 Å². The largest absolute Gasteiger partial charge is 0.449 e. The Hall–Kier alpha value is -2.45. The highest BCUT2D eigenvalue weighted by atomic mass is 32.2. The predicted molar refractivity (Wildman–Crippen MR) is 110 cm³/mol. The lowest BCUT2D eigenvalue weighted by Gasteiger charge is -2.30. The number of ether oxygens (including phenoxy) is 1. The maximum absolute atomic E-state index is 12.9. The number of hydrogen-bond acceptors (Lipinski definition) is 6. The van der Waals surface area contributed by atoms with Gasteiger partial charge in [-0.05, 0) is 37.3 Å². The molecule has 8 heteroatoms. The van der Waals surface area contributed by atoms with Crippen LogP contribution in [0.1, 0.15) is 17.3 Å². The van der Waals surface area contributed by atoms with Crippen LogP contribution in [0.25, 0.3) is 0 Å². The molecule has 2 amide bonds. The number of carbonyl (C=O) groups excluding carboxylic acids is 3. The molecule has 1 atom stereocenters. The quantitative estimate of drug-likeness (QED) is 0.776. The van der Waals surface area contributed by atoms with Crippen LogP contribution in [-0.2, 0) is 14.3 Å². The maximum atomic E-state index is 12.9. The molecule has 4 rings (SSSR count). The number of nitrogens with zero attached hydrogens (tertiary/aromatic N) is 1. The van der Waals surface area contributed by atoms with Gasteiger partial charge in [-0.25, -0.2) is 4.79 Å². The first kappa shape index (κ1) is 18.9. The van der Waals surface area contributed by atoms with Gasteiger partial charge in [0.2, 0.25) is 5.91 Å². The van der Waals surface area contributed by atoms with Gasteiger partial charge >= 0.3 is 5.97 Å². The smallest absolute Gasteiger partial charge is 0.338 e. The van der Waals surface area contributed by atoms with Crippen molar-refractivity contribution in [3.63, 3.8) is 0 Å². The van der Waals surface area contributed by atoms with Crippen molar-refractivity contribution in [1.29, 1.82) is 0 Å². The van der Waals surface area contributed by atoms with Gasteiger partial charge in [-0.1, -0.05) is 12.1 Å². The number of para-hydroxylation sites is 1. The van der Waals surface area contributed by atoms with E-state index in [0.717, 1.165) is 21.2 Å². The summed E-state index contributed by atoms with van der Waals surface area (Å²) in [6.45, 7) is 2.16. The van der Waals surface area contributed by atoms with Gasteiger partial charge in [0.15, 0.2) is 6.10 Å². The Morgan fingerprint density at radius 1 is 1.14 bits per heavy atom. The fourth-order valence-electron chi connectivity index (χ4n) is 3.11. The van der Waals surface area contributed by atoms with E-state index in [4.69, 9.17) is 4.74 Å². The Kier molecular flexibility index (Phi) is 5.32. The minimum absolute atomic E-state index is 0.104. The summed E-state index contributed by atoms with van der Waals surface area (Å²) in [6.07, 6.45) is -0.913. The van der Waals surface area contributed by atoms with E-state index in [1.807, 2.05) is 24.3 Å². The average molecular weight is 415 g/mol. The van der Waals surface area contributed by atoms with E-state index in [2.05, 4.69) is 5.32 Å². The van der Waals surface area contributed by atoms with Crippen molar-refractivity contribution in [2.75, 3.05) is 28.3 Å². The zero-order valence-electron chi connectivity index (χ0n) is 15.1. The highest BCUT2D eigenvalue weighted by Crippen LogP contribution is 2.35. The Morgan fingerprint density at radius 3 is 2.82 bits per heavy atom. The van der Waals surface area contributed by atoms with Gasteiger partial charge in [0.1, 0.15) is 0 Å². The van der Waals surface area contributed by atoms with Gasteiger partial charge in [-0.2, -0.15) is 0 Å². The summed E-state index contributed by atoms with van der Waals surface area (Å²) in [5.74, 6) is 0.216. The Labute approximate surface area is 171 Å². The van der Waals surface area contributed by atoms with Crippen molar-refractivity contribution in [2.24, 2.45) is 0 Å². The van der Waals surface area contributed by atoms with Crippen LogP contribution in [0.15, 0.2) is 52.3 Å². The van der Waals surface area contributed by atoms with E-state index in [-0.39, 0.29) is 11.8 Å². The molecule has 2 heterocycles. The zero-order valence-corrected chi connectivity index (χ0v) is 16.8. The molecule has 28 heavy (non-hydrogen) atoms. The average Bonchev–Trinajstić information content (AvgIpc) is 2.72. The lowest BCUT2D eigenvalue weighted by Crippen LogP contribution is -2.42. The van der Waals surface area contributed by atoms with E-state index in [9.17, 15) is 14.4 Å². The Morgan fingerprint density at radius 2 is 1.96 bits per heavy atom. The molecular formula is C20H18N2O4S2. The first-order valence-corrected chi connectivity index (χ1v) is 10.8. The van der Waals surface area contributed by atoms with Crippen LogP contribution >= 0.6 is 23.5 Å². The first-order chi connectivity index (χ1) is 13.5. The molecule has 0 saturated carbocycles. The fourth-order valence-corrected chi connectivity index (χ4v) is 4.89. The van der Waals surface area contributed by atoms with Crippen LogP contribution in [0, 0.1) is 0 Å². The molecular weight excluding hydrogens is 396 g/mol. The van der Waals surface area contributed by atoms with Crippen LogP contribution in [0.2, 0.25) is 0 Å². The standard InChI is InChI=1S/C20H18N2O4S2/c1-12(19(24)22-8-9-27-17-5-3-2-4-15(17)22)26-20(25)13-6-7-16-14(10-13)21-18(23)11-28-16/h2-7,10,12H,8-9,11H2,1H3,(H,21,23). The number of anilines is 2. The number of fused-ring (bicyclic) bond motifs is 2. The van der Waals surface area contributed by atoms with Crippen LogP contribution < -0.4 is 10.2 Å². The first-order valence-electron chi connectivity index (χ1n) is 8.84. The van der Waals surface area contributed by atoms with Crippen LogP contribution in [0.3, 0.4) is 0 Å². The van der Waals surface area contributed by atoms with Gasteiger partial charge in [-0.15, -0.1) is 23.5 Å². The molecule has 0 saturated heterocycles. The third kappa shape index (κ3) is 3.74. The number of rotatable bonds is 3. The van der Waals surface area contributed by atoms with Gasteiger partial charge in [0.25, 0.3) is 5.91 Å². The number of carbonyl (C=O) groups is 3. The number of hydrogen-bond donors (Lipinski definition) is 1. The molecule has 0 aromatic heterocycles. The topological polar surface area (TPSA) is 75.7 Å². The molecule has 0 spiro atoms. The Balaban J connectivity index is 1.47. The zero-order chi connectivity index (χ0) is 19.7. The SMILES string of the molecule is CC(OC(=O)c1ccc2c(c1)NC(=O)CS2)C(=O)N1CCSc2ccccc21. The van der Waals surface area contributed by atoms with Gasteiger partial charge in [0, 0.05) is 22.1 Å². The Bertz CT molecular complexity index is 963. The predicted octanol–water partition coefficient (Wildman–Crippen LogP) is 3.42. The van der Waals surface area contributed by atoms with Crippen LogP contribution in [-0.4, -0.2) is 41.9 Å². The van der Waals surface area contributed by atoms with Crippen molar-refractivity contribution in [3.8, 4) is 0 Å². The number of esters is 1. The second-order valence-corrected chi connectivity index (χ2v) is 8.56. The minimum Gasteiger partial charge on any atom is -0.449 e. The van der Waals surface area contributed by atoms with Gasteiger partial charge in [0.05, 0.1) is 22.7 Å². The molecule has 2 aromatic rings. The molecule has 6 nitrogen and oxygen atoms in total. The molecule has 2 aromatic carbocycles. The lowest BCUT2D eigenvalue weighted by molar-refractivity contribution is -0.126. The molecule has 144 valence electrons. The monoisotopic (exact) mass is 414 g/mol. The summed E-state index contributed by atoms with van der Waals surface area (Å²) in [5, 5.41) is 2.75. The van der Waals surface area contributed by atoms with Crippen molar-refractivity contribution in [1.82, 2.24) is 0 Å². The van der Waals surface area contributed by atoms with Crippen molar-refractivity contribution in [3.05, 3.63) is 48.0 Å². The molecule has 2 aliphatic rings. The molecule has 0 radical (unpaired) electrons. The number of amides is 2. The van der Waals surface area contributed by atoms with E-state index >= 15 is 0 Å². The summed E-state index contributed by atoms with van der Waals surface area (Å²) in [6, 6.07) is 12.7. The van der Waals surface area contributed by atoms with E-state index < -0.39 is 12.1 Å². The third-order valence-corrected chi connectivity index (χ3v) is 6.59. The second-order valence-electron chi connectivity index (χ2n) is 6.40. The highest BCUT2D eigenvalue weighted by Gasteiger charge is 2.29. The summed E-state index contributed by atoms with van der Waals surface area (Å²) in [5.41, 5.74) is 1.74. The van der Waals surface area contributed by atoms with Crippen molar-refractivity contribution >= 4 is 52.7 Å². The lowest BCUT2D eigenvalue weighted by atomic mass is 10.2. The normalized spacial score (nSPS) is 16.5. The van der Waals surface area contributed by atoms with E-state index in [1.165, 1.54) is 11.8 Å². The molecule has 0 fully saturated rings. The highest BCUT2D eigenvalue weighted by molar-refractivity contribution is 8.00. The maximum Gasteiger partial charge on any atom is 0.338 e. The molecule has 0 aliphatic carbocycles. The molecule has 2 aliphatic heterocycles. The summed E-state index contributed by atoms with van der Waals surface area (Å²) in [4.78, 5) is 40.6. The van der Waals surface area contributed by atoms with E-state index in [0.29, 0.717) is 23.5 Å². The minimum atomic E-state index is -0.913. The number of benzene rings is 2. The molecule has 0 bridgehead atoms. The summed E-state index contributed by atoms with van der Waals surface area (Å²) < 4.78 is 5.43. The summed E-state index contributed by atoms with van der Waals surface area (Å²) >= 11 is 3.13. The third-order valence-electron chi connectivity index (χ3n) is 4.47.